The van der Waals surface area contributed by atoms with E-state index in [-0.39, 0.29) is 17.9 Å². The van der Waals surface area contributed by atoms with Crippen LogP contribution in [0.4, 0.5) is 10.3 Å². The second-order valence-corrected chi connectivity index (χ2v) is 7.36. The molecule has 0 bridgehead atoms. The Labute approximate surface area is 122 Å². The van der Waals surface area contributed by atoms with Crippen LogP contribution in [0.3, 0.4) is 0 Å². The highest BCUT2D eigenvalue weighted by Crippen LogP contribution is 2.34. The number of ether oxygens (including phenoxy) is 1. The van der Waals surface area contributed by atoms with Crippen molar-refractivity contribution in [2.75, 3.05) is 37.4 Å². The van der Waals surface area contributed by atoms with Crippen LogP contribution in [0.15, 0.2) is 12.4 Å². The molecular formula is C12H17FN4O3S. The standard InChI is InChI=1S/C12H17FN4O3S/c1-21(18,19)16-2-8-7-20-11-6-17(5-10(8)11)12-14-3-9(13)4-15-12/h3-4,8,10-11,16H,2,5-7H2,1H3/t8-,10+,11+/m0/s1. The summed E-state index contributed by atoms with van der Waals surface area (Å²) < 4.78 is 43.5. The molecule has 7 nitrogen and oxygen atoms in total. The van der Waals surface area contributed by atoms with E-state index >= 15 is 0 Å². The second-order valence-electron chi connectivity index (χ2n) is 5.52. The number of fused-ring (bicyclic) bond motifs is 1. The van der Waals surface area contributed by atoms with E-state index in [2.05, 4.69) is 14.7 Å². The van der Waals surface area contributed by atoms with Gasteiger partial charge in [-0.25, -0.2) is 27.5 Å². The molecule has 3 atom stereocenters. The van der Waals surface area contributed by atoms with Crippen LogP contribution in [0.2, 0.25) is 0 Å². The van der Waals surface area contributed by atoms with E-state index in [9.17, 15) is 12.8 Å². The predicted octanol–water partition coefficient (Wildman–Crippen LogP) is -0.384. The maximum absolute atomic E-state index is 12.8. The minimum atomic E-state index is -3.20. The van der Waals surface area contributed by atoms with E-state index in [1.54, 1.807) is 0 Å². The molecule has 3 rings (SSSR count). The number of nitrogens with one attached hydrogen (secondary N) is 1. The predicted molar refractivity (Wildman–Crippen MR) is 73.8 cm³/mol. The number of nitrogens with zero attached hydrogens (tertiary/aromatic N) is 3. The number of rotatable bonds is 4. The molecule has 0 unspecified atom stereocenters. The molecule has 2 aliphatic rings. The van der Waals surface area contributed by atoms with Gasteiger partial charge in [0.2, 0.25) is 16.0 Å². The van der Waals surface area contributed by atoms with Crippen molar-refractivity contribution in [3.63, 3.8) is 0 Å². The Morgan fingerprint density at radius 3 is 2.81 bits per heavy atom. The number of hydrogen-bond donors (Lipinski definition) is 1. The fourth-order valence-corrected chi connectivity index (χ4v) is 3.42. The molecule has 2 fully saturated rings. The van der Waals surface area contributed by atoms with Gasteiger partial charge in [-0.05, 0) is 0 Å². The van der Waals surface area contributed by atoms with Gasteiger partial charge >= 0.3 is 0 Å². The normalized spacial score (nSPS) is 28.9. The van der Waals surface area contributed by atoms with E-state index in [0.29, 0.717) is 32.2 Å². The van der Waals surface area contributed by atoms with E-state index in [1.165, 1.54) is 0 Å². The van der Waals surface area contributed by atoms with Crippen molar-refractivity contribution in [3.05, 3.63) is 18.2 Å². The molecule has 0 amide bonds. The summed E-state index contributed by atoms with van der Waals surface area (Å²) in [7, 11) is -3.20. The van der Waals surface area contributed by atoms with Gasteiger partial charge in [-0.3, -0.25) is 0 Å². The summed E-state index contributed by atoms with van der Waals surface area (Å²) in [6.07, 6.45) is 3.47. The van der Waals surface area contributed by atoms with Crippen molar-refractivity contribution in [1.82, 2.24) is 14.7 Å². The minimum Gasteiger partial charge on any atom is -0.376 e. The van der Waals surface area contributed by atoms with E-state index in [1.807, 2.05) is 4.90 Å². The number of aromatic nitrogens is 2. The van der Waals surface area contributed by atoms with Gasteiger partial charge in [-0.2, -0.15) is 0 Å². The number of anilines is 1. The Morgan fingerprint density at radius 1 is 1.43 bits per heavy atom. The van der Waals surface area contributed by atoms with Gasteiger partial charge in [0.05, 0.1) is 31.4 Å². The summed E-state index contributed by atoms with van der Waals surface area (Å²) in [6.45, 7) is 2.26. The van der Waals surface area contributed by atoms with E-state index in [4.69, 9.17) is 4.74 Å². The van der Waals surface area contributed by atoms with Gasteiger partial charge in [0, 0.05) is 31.5 Å². The highest BCUT2D eigenvalue weighted by molar-refractivity contribution is 7.88. The number of sulfonamides is 1. The summed E-state index contributed by atoms with van der Waals surface area (Å²) in [5.74, 6) is 0.372. The van der Waals surface area contributed by atoms with Crippen molar-refractivity contribution >= 4 is 16.0 Å². The monoisotopic (exact) mass is 316 g/mol. The molecule has 1 aromatic heterocycles. The van der Waals surface area contributed by atoms with Gasteiger partial charge in [0.1, 0.15) is 0 Å². The lowest BCUT2D eigenvalue weighted by molar-refractivity contribution is 0.111. The molecule has 1 N–H and O–H groups in total. The van der Waals surface area contributed by atoms with Crippen molar-refractivity contribution in [2.45, 2.75) is 6.10 Å². The maximum Gasteiger partial charge on any atom is 0.225 e. The topological polar surface area (TPSA) is 84.4 Å². The van der Waals surface area contributed by atoms with Crippen LogP contribution in [0.25, 0.3) is 0 Å². The third-order valence-electron chi connectivity index (χ3n) is 3.94. The van der Waals surface area contributed by atoms with E-state index < -0.39 is 15.8 Å². The minimum absolute atomic E-state index is 0.0463. The second kappa shape index (κ2) is 5.47. The molecule has 0 aromatic carbocycles. The number of hydrogen-bond acceptors (Lipinski definition) is 6. The van der Waals surface area contributed by atoms with Gasteiger partial charge < -0.3 is 9.64 Å². The third kappa shape index (κ3) is 3.30. The van der Waals surface area contributed by atoms with Gasteiger partial charge in [0.15, 0.2) is 5.82 Å². The summed E-state index contributed by atoms with van der Waals surface area (Å²) in [5, 5.41) is 0. The maximum atomic E-state index is 12.8. The zero-order chi connectivity index (χ0) is 15.0. The molecule has 2 aliphatic heterocycles. The lowest BCUT2D eigenvalue weighted by Crippen LogP contribution is -2.33. The molecule has 9 heteroatoms. The largest absolute Gasteiger partial charge is 0.376 e. The first-order valence-corrected chi connectivity index (χ1v) is 8.60. The lowest BCUT2D eigenvalue weighted by Gasteiger charge is -2.19. The summed E-state index contributed by atoms with van der Waals surface area (Å²) in [4.78, 5) is 9.89. The first-order valence-electron chi connectivity index (χ1n) is 6.71. The molecule has 2 saturated heterocycles. The number of halogens is 1. The molecule has 0 spiro atoms. The van der Waals surface area contributed by atoms with E-state index in [0.717, 1.165) is 18.6 Å². The smallest absolute Gasteiger partial charge is 0.225 e. The zero-order valence-corrected chi connectivity index (χ0v) is 12.4. The average Bonchev–Trinajstić information content (AvgIpc) is 2.96. The van der Waals surface area contributed by atoms with Gasteiger partial charge in [0.25, 0.3) is 0 Å². The van der Waals surface area contributed by atoms with Crippen LogP contribution in [-0.2, 0) is 14.8 Å². The van der Waals surface area contributed by atoms with Crippen molar-refractivity contribution in [3.8, 4) is 0 Å². The SMILES string of the molecule is CS(=O)(=O)NC[C@H]1CO[C@@H]2CN(c3ncc(F)cn3)C[C@H]12. The van der Waals surface area contributed by atoms with Crippen LogP contribution < -0.4 is 9.62 Å². The Morgan fingerprint density at radius 2 is 2.14 bits per heavy atom. The average molecular weight is 316 g/mol. The van der Waals surface area contributed by atoms with Gasteiger partial charge in [-0.1, -0.05) is 0 Å². The fourth-order valence-electron chi connectivity index (χ4n) is 2.90. The molecule has 116 valence electrons. The lowest BCUT2D eigenvalue weighted by atomic mass is 9.93. The molecule has 0 aliphatic carbocycles. The van der Waals surface area contributed by atoms with Crippen LogP contribution in [0, 0.1) is 17.7 Å². The Balaban J connectivity index is 1.64. The quantitative estimate of drug-likeness (QED) is 0.815. The molecule has 3 heterocycles. The van der Waals surface area contributed by atoms with Crippen LogP contribution in [0.5, 0.6) is 0 Å². The van der Waals surface area contributed by atoms with Crippen molar-refractivity contribution in [2.24, 2.45) is 11.8 Å². The molecule has 1 aromatic rings. The first-order chi connectivity index (χ1) is 9.92. The summed E-state index contributed by atoms with van der Waals surface area (Å²) in [6, 6.07) is 0. The molecular weight excluding hydrogens is 299 g/mol. The molecule has 21 heavy (non-hydrogen) atoms. The van der Waals surface area contributed by atoms with Crippen LogP contribution >= 0.6 is 0 Å². The Bertz CT molecular complexity index is 609. The molecule has 0 saturated carbocycles. The Hall–Kier alpha value is -1.32. The van der Waals surface area contributed by atoms with Crippen LogP contribution in [-0.4, -0.2) is 57.0 Å². The first kappa shape index (κ1) is 14.6. The fraction of sp³-hybridized carbons (Fsp3) is 0.667. The summed E-state index contributed by atoms with van der Waals surface area (Å²) in [5.41, 5.74) is 0. The highest BCUT2D eigenvalue weighted by Gasteiger charge is 2.44. The van der Waals surface area contributed by atoms with Gasteiger partial charge in [-0.15, -0.1) is 0 Å². The molecule has 0 radical (unpaired) electrons. The van der Waals surface area contributed by atoms with Crippen molar-refractivity contribution in [1.29, 1.82) is 0 Å². The van der Waals surface area contributed by atoms with Crippen LogP contribution in [0.1, 0.15) is 0 Å². The highest BCUT2D eigenvalue weighted by atomic mass is 32.2. The Kier molecular flexibility index (Phi) is 3.80. The zero-order valence-electron chi connectivity index (χ0n) is 11.6. The summed E-state index contributed by atoms with van der Waals surface area (Å²) >= 11 is 0. The third-order valence-corrected chi connectivity index (χ3v) is 4.63. The van der Waals surface area contributed by atoms with Crippen molar-refractivity contribution < 1.29 is 17.5 Å².